The number of ether oxygens (including phenoxy) is 1. The Bertz CT molecular complexity index is 220. The molecule has 0 atom stereocenters. The molecule has 0 aromatic carbocycles. The van der Waals surface area contributed by atoms with E-state index >= 15 is 0 Å². The first-order chi connectivity index (χ1) is 5.08. The van der Waals surface area contributed by atoms with Gasteiger partial charge in [0.1, 0.15) is 12.1 Å². The van der Waals surface area contributed by atoms with Crippen molar-refractivity contribution >= 4 is 5.97 Å². The fourth-order valence-corrected chi connectivity index (χ4v) is 0.370. The molecule has 0 radical (unpaired) electrons. The highest BCUT2D eigenvalue weighted by Crippen LogP contribution is 2.07. The van der Waals surface area contributed by atoms with Crippen LogP contribution in [0.1, 0.15) is 20.3 Å². The Morgan fingerprint density at radius 1 is 1.55 bits per heavy atom. The minimum atomic E-state index is -1.63. The van der Waals surface area contributed by atoms with Crippen LogP contribution in [-0.4, -0.2) is 11.6 Å². The van der Waals surface area contributed by atoms with Gasteiger partial charge in [-0.2, -0.15) is 10.5 Å². The Morgan fingerprint density at radius 2 is 2.00 bits per heavy atom. The van der Waals surface area contributed by atoms with Crippen LogP contribution in [0.25, 0.3) is 0 Å². The zero-order valence-electron chi connectivity index (χ0n) is 6.42. The average molecular weight is 152 g/mol. The van der Waals surface area contributed by atoms with Crippen molar-refractivity contribution in [2.75, 3.05) is 0 Å². The first-order valence-electron chi connectivity index (χ1n) is 3.12. The van der Waals surface area contributed by atoms with Crippen LogP contribution in [0.2, 0.25) is 0 Å². The number of hydrogen-bond donors (Lipinski definition) is 0. The topological polar surface area (TPSA) is 73.9 Å². The van der Waals surface area contributed by atoms with Crippen LogP contribution >= 0.6 is 0 Å². The van der Waals surface area contributed by atoms with E-state index in [9.17, 15) is 4.79 Å². The molecule has 0 N–H and O–H groups in total. The zero-order chi connectivity index (χ0) is 8.91. The van der Waals surface area contributed by atoms with E-state index in [1.807, 2.05) is 0 Å². The Morgan fingerprint density at radius 3 is 2.27 bits per heavy atom. The number of esters is 1. The summed E-state index contributed by atoms with van der Waals surface area (Å²) < 4.78 is 4.52. The number of rotatable bonds is 2. The molecule has 0 spiro atoms. The van der Waals surface area contributed by atoms with E-state index in [-0.39, 0.29) is 6.42 Å². The highest BCUT2D eigenvalue weighted by Gasteiger charge is 2.27. The SMILES string of the molecule is CCC(=O)OC(C)(C#N)C#N. The fraction of sp³-hybridized carbons (Fsp3) is 0.571. The van der Waals surface area contributed by atoms with Crippen LogP contribution in [0.4, 0.5) is 0 Å². The lowest BCUT2D eigenvalue weighted by molar-refractivity contribution is -0.149. The second-order valence-corrected chi connectivity index (χ2v) is 2.08. The van der Waals surface area contributed by atoms with E-state index in [0.717, 1.165) is 0 Å². The normalized spacial score (nSPS) is 9.45. The Labute approximate surface area is 65.0 Å². The summed E-state index contributed by atoms with van der Waals surface area (Å²) in [6.07, 6.45) is 0.166. The van der Waals surface area contributed by atoms with Gasteiger partial charge in [0.05, 0.1) is 0 Å². The number of carbonyl (C=O) groups is 1. The van der Waals surface area contributed by atoms with Crippen molar-refractivity contribution in [1.82, 2.24) is 0 Å². The predicted molar refractivity (Wildman–Crippen MR) is 36.0 cm³/mol. The smallest absolute Gasteiger partial charge is 0.307 e. The molecule has 0 heterocycles. The standard InChI is InChI=1S/C7H8N2O2/c1-3-6(10)11-7(2,4-8)5-9/h3H2,1-2H3. The van der Waals surface area contributed by atoms with Gasteiger partial charge in [-0.3, -0.25) is 4.79 Å². The molecule has 0 unspecified atom stereocenters. The lowest BCUT2D eigenvalue weighted by atomic mass is 10.1. The third-order valence-electron chi connectivity index (χ3n) is 1.03. The minimum Gasteiger partial charge on any atom is -0.430 e. The maximum atomic E-state index is 10.6. The molecule has 11 heavy (non-hydrogen) atoms. The highest BCUT2D eigenvalue weighted by atomic mass is 16.6. The summed E-state index contributed by atoms with van der Waals surface area (Å²) in [4.78, 5) is 10.6. The maximum Gasteiger partial charge on any atom is 0.307 e. The van der Waals surface area contributed by atoms with E-state index in [1.165, 1.54) is 6.92 Å². The van der Waals surface area contributed by atoms with Crippen molar-refractivity contribution in [3.63, 3.8) is 0 Å². The van der Waals surface area contributed by atoms with E-state index in [1.54, 1.807) is 19.1 Å². The maximum absolute atomic E-state index is 10.6. The van der Waals surface area contributed by atoms with Gasteiger partial charge in [-0.25, -0.2) is 0 Å². The second-order valence-electron chi connectivity index (χ2n) is 2.08. The molecule has 0 bridgehead atoms. The molecule has 4 nitrogen and oxygen atoms in total. The van der Waals surface area contributed by atoms with Crippen molar-refractivity contribution in [2.24, 2.45) is 0 Å². The van der Waals surface area contributed by atoms with Gasteiger partial charge in [0, 0.05) is 13.3 Å². The Balaban J connectivity index is 4.26. The van der Waals surface area contributed by atoms with Gasteiger partial charge >= 0.3 is 5.97 Å². The molecule has 0 rings (SSSR count). The third kappa shape index (κ3) is 2.68. The van der Waals surface area contributed by atoms with Crippen molar-refractivity contribution in [3.8, 4) is 12.1 Å². The Hall–Kier alpha value is -1.55. The summed E-state index contributed by atoms with van der Waals surface area (Å²) in [5, 5.41) is 16.8. The van der Waals surface area contributed by atoms with E-state index in [0.29, 0.717) is 0 Å². The molecule has 0 fully saturated rings. The molecule has 0 aromatic rings. The molecule has 4 heteroatoms. The second kappa shape index (κ2) is 3.58. The molecule has 0 saturated carbocycles. The van der Waals surface area contributed by atoms with Crippen molar-refractivity contribution < 1.29 is 9.53 Å². The largest absolute Gasteiger partial charge is 0.430 e. The summed E-state index contributed by atoms with van der Waals surface area (Å²) in [5.41, 5.74) is -1.63. The van der Waals surface area contributed by atoms with E-state index < -0.39 is 11.6 Å². The first kappa shape index (κ1) is 9.45. The summed E-state index contributed by atoms with van der Waals surface area (Å²) in [6.45, 7) is 2.85. The number of nitrogens with zero attached hydrogens (tertiary/aromatic N) is 2. The third-order valence-corrected chi connectivity index (χ3v) is 1.03. The van der Waals surface area contributed by atoms with Gasteiger partial charge in [0.15, 0.2) is 0 Å². The highest BCUT2D eigenvalue weighted by molar-refractivity contribution is 5.70. The predicted octanol–water partition coefficient (Wildman–Crippen LogP) is 0.745. The van der Waals surface area contributed by atoms with Crippen molar-refractivity contribution in [2.45, 2.75) is 25.9 Å². The molecular formula is C7H8N2O2. The van der Waals surface area contributed by atoms with E-state index in [4.69, 9.17) is 10.5 Å². The summed E-state index contributed by atoms with van der Waals surface area (Å²) >= 11 is 0. The van der Waals surface area contributed by atoms with Gasteiger partial charge in [-0.05, 0) is 0 Å². The lowest BCUT2D eigenvalue weighted by Crippen LogP contribution is -2.27. The summed E-state index contributed by atoms with van der Waals surface area (Å²) in [7, 11) is 0. The molecule has 0 aliphatic rings. The first-order valence-corrected chi connectivity index (χ1v) is 3.12. The fourth-order valence-electron chi connectivity index (χ4n) is 0.370. The van der Waals surface area contributed by atoms with Crippen LogP contribution in [0.3, 0.4) is 0 Å². The number of carbonyl (C=O) groups excluding carboxylic acids is 1. The minimum absolute atomic E-state index is 0.166. The molecular weight excluding hydrogens is 144 g/mol. The zero-order valence-corrected chi connectivity index (χ0v) is 6.42. The van der Waals surface area contributed by atoms with Crippen LogP contribution in [0, 0.1) is 22.7 Å². The van der Waals surface area contributed by atoms with Crippen LogP contribution < -0.4 is 0 Å². The van der Waals surface area contributed by atoms with Gasteiger partial charge in [-0.15, -0.1) is 0 Å². The van der Waals surface area contributed by atoms with Crippen LogP contribution in [-0.2, 0) is 9.53 Å². The summed E-state index contributed by atoms with van der Waals surface area (Å²) in [6, 6.07) is 3.18. The average Bonchev–Trinajstić information content (AvgIpc) is 2.04. The Kier molecular flexibility index (Phi) is 3.07. The molecule has 0 aliphatic carbocycles. The monoisotopic (exact) mass is 152 g/mol. The molecule has 0 amide bonds. The quantitative estimate of drug-likeness (QED) is 0.547. The van der Waals surface area contributed by atoms with Gasteiger partial charge in [-0.1, -0.05) is 6.92 Å². The van der Waals surface area contributed by atoms with Gasteiger partial charge < -0.3 is 4.74 Å². The molecule has 0 aliphatic heterocycles. The number of nitriles is 2. The van der Waals surface area contributed by atoms with Crippen molar-refractivity contribution in [1.29, 1.82) is 10.5 Å². The van der Waals surface area contributed by atoms with Crippen LogP contribution in [0.5, 0.6) is 0 Å². The summed E-state index contributed by atoms with van der Waals surface area (Å²) in [5.74, 6) is -0.546. The number of hydrogen-bond acceptors (Lipinski definition) is 4. The lowest BCUT2D eigenvalue weighted by Gasteiger charge is -2.11. The van der Waals surface area contributed by atoms with Crippen LogP contribution in [0.15, 0.2) is 0 Å². The van der Waals surface area contributed by atoms with E-state index in [2.05, 4.69) is 4.74 Å². The van der Waals surface area contributed by atoms with Crippen molar-refractivity contribution in [3.05, 3.63) is 0 Å². The molecule has 0 saturated heterocycles. The molecule has 58 valence electrons. The van der Waals surface area contributed by atoms with Gasteiger partial charge in [0.2, 0.25) is 0 Å². The van der Waals surface area contributed by atoms with Gasteiger partial charge in [0.25, 0.3) is 5.60 Å². The molecule has 0 aromatic heterocycles.